The topological polar surface area (TPSA) is 84.6 Å². The number of amides is 1. The Bertz CT molecular complexity index is 1710. The van der Waals surface area contributed by atoms with Gasteiger partial charge in [-0.1, -0.05) is 46.6 Å². The summed E-state index contributed by atoms with van der Waals surface area (Å²) in [5.74, 6) is -0.914. The van der Waals surface area contributed by atoms with Gasteiger partial charge in [0.15, 0.2) is 11.4 Å². The predicted molar refractivity (Wildman–Crippen MR) is 163 cm³/mol. The Morgan fingerprint density at radius 3 is 2.61 bits per heavy atom. The van der Waals surface area contributed by atoms with Crippen LogP contribution in [-0.4, -0.2) is 28.2 Å². The fourth-order valence-electron chi connectivity index (χ4n) is 5.42. The third-order valence-electron chi connectivity index (χ3n) is 7.58. The molecular weight excluding hydrogens is 587 g/mol. The number of nitrogens with zero attached hydrogens (tertiary/aromatic N) is 2. The summed E-state index contributed by atoms with van der Waals surface area (Å²) < 4.78 is 21.5. The Morgan fingerprint density at radius 2 is 1.88 bits per heavy atom. The molecule has 2 N–H and O–H groups in total. The lowest BCUT2D eigenvalue weighted by Crippen LogP contribution is -2.30. The molecule has 1 atom stereocenters. The lowest BCUT2D eigenvalue weighted by atomic mass is 9.77. The Balaban J connectivity index is 0.00000337. The zero-order chi connectivity index (χ0) is 28.4. The fraction of sp³-hybridized carbons (Fsp3) is 0.241. The number of rotatable bonds is 5. The van der Waals surface area contributed by atoms with Crippen LogP contribution in [0.3, 0.4) is 0 Å². The lowest BCUT2D eigenvalue weighted by Gasteiger charge is -2.22. The van der Waals surface area contributed by atoms with Crippen molar-refractivity contribution in [3.8, 4) is 0 Å². The highest BCUT2D eigenvalue weighted by Crippen LogP contribution is 2.39. The molecule has 12 heteroatoms. The zero-order valence-corrected chi connectivity index (χ0v) is 25.0. The minimum Gasteiger partial charge on any atom is -0.423 e. The Hall–Kier alpha value is -3.02. The summed E-state index contributed by atoms with van der Waals surface area (Å²) in [7, 11) is -0.991. The summed E-state index contributed by atoms with van der Waals surface area (Å²) in [6.45, 7) is 5.94. The number of pyridine rings is 1. The van der Waals surface area contributed by atoms with E-state index in [1.54, 1.807) is 6.07 Å². The van der Waals surface area contributed by atoms with Gasteiger partial charge in [0.05, 0.1) is 32.4 Å². The number of fused-ring (bicyclic) bond motifs is 2. The van der Waals surface area contributed by atoms with Crippen LogP contribution >= 0.6 is 36.7 Å². The van der Waals surface area contributed by atoms with Crippen LogP contribution in [0.5, 0.6) is 0 Å². The SMILES string of the molecule is CC1(C)OB(O)c2cc(CNC(=O)c3ccc(C4=NO[C@](C)(c5cc(Cl)c(F)c(Cl)c5)C4)n4cccc34)ccc21.S. The monoisotopic (exact) mass is 613 g/mol. The number of hydrogen-bond donors (Lipinski definition) is 2. The molecule has 0 radical (unpaired) electrons. The summed E-state index contributed by atoms with van der Waals surface area (Å²) in [6.07, 6.45) is 2.24. The molecule has 1 amide bonds. The molecule has 0 saturated heterocycles. The van der Waals surface area contributed by atoms with Crippen LogP contribution in [0.4, 0.5) is 4.39 Å². The first-order valence-corrected chi connectivity index (χ1v) is 13.5. The summed E-state index contributed by atoms with van der Waals surface area (Å²) in [5, 5.41) is 17.4. The van der Waals surface area contributed by atoms with Gasteiger partial charge in [-0.05, 0) is 73.8 Å². The molecule has 4 aromatic rings. The van der Waals surface area contributed by atoms with E-state index < -0.39 is 24.1 Å². The molecule has 0 aliphatic carbocycles. The van der Waals surface area contributed by atoms with Crippen molar-refractivity contribution in [1.29, 1.82) is 0 Å². The predicted octanol–water partition coefficient (Wildman–Crippen LogP) is 5.42. The van der Waals surface area contributed by atoms with E-state index >= 15 is 0 Å². The maximum absolute atomic E-state index is 14.0. The van der Waals surface area contributed by atoms with E-state index in [1.807, 2.05) is 67.8 Å². The van der Waals surface area contributed by atoms with Crippen molar-refractivity contribution >= 4 is 66.4 Å². The second kappa shape index (κ2) is 10.7. The van der Waals surface area contributed by atoms with E-state index in [0.717, 1.165) is 16.8 Å². The van der Waals surface area contributed by atoms with Crippen molar-refractivity contribution in [3.63, 3.8) is 0 Å². The Morgan fingerprint density at radius 1 is 1.15 bits per heavy atom. The van der Waals surface area contributed by atoms with Crippen LogP contribution in [-0.2, 0) is 27.2 Å². The number of carbonyl (C=O) groups excluding carboxylic acids is 1. The first-order chi connectivity index (χ1) is 19.0. The second-order valence-corrected chi connectivity index (χ2v) is 11.6. The molecule has 212 valence electrons. The van der Waals surface area contributed by atoms with Gasteiger partial charge in [-0.25, -0.2) is 4.39 Å². The van der Waals surface area contributed by atoms with Crippen molar-refractivity contribution in [2.24, 2.45) is 5.16 Å². The molecule has 0 fully saturated rings. The minimum atomic E-state index is -0.991. The average Bonchev–Trinajstić information content (AvgIpc) is 3.62. The Labute approximate surface area is 253 Å². The third kappa shape index (κ3) is 5.12. The molecule has 2 aliphatic heterocycles. The number of halogens is 3. The average molecular weight is 614 g/mol. The molecule has 4 heterocycles. The summed E-state index contributed by atoms with van der Waals surface area (Å²) in [4.78, 5) is 19.0. The maximum atomic E-state index is 14.0. The first kappa shape index (κ1) is 29.5. The lowest BCUT2D eigenvalue weighted by molar-refractivity contribution is -0.00742. The molecular formula is C29H27BCl2FN3O4S. The molecule has 6 rings (SSSR count). The molecule has 0 saturated carbocycles. The largest absolute Gasteiger partial charge is 0.492 e. The van der Waals surface area contributed by atoms with Crippen molar-refractivity contribution in [3.05, 3.63) is 105 Å². The van der Waals surface area contributed by atoms with Gasteiger partial charge >= 0.3 is 7.12 Å². The van der Waals surface area contributed by atoms with Gasteiger partial charge in [0, 0.05) is 24.7 Å². The van der Waals surface area contributed by atoms with Crippen molar-refractivity contribution in [2.45, 2.75) is 44.9 Å². The van der Waals surface area contributed by atoms with Crippen molar-refractivity contribution in [2.75, 3.05) is 0 Å². The number of benzene rings is 2. The summed E-state index contributed by atoms with van der Waals surface area (Å²) >= 11 is 12.0. The van der Waals surface area contributed by atoms with Gasteiger partial charge in [-0.3, -0.25) is 4.79 Å². The van der Waals surface area contributed by atoms with Gasteiger partial charge in [0.25, 0.3) is 5.91 Å². The van der Waals surface area contributed by atoms with Crippen LogP contribution in [0.2, 0.25) is 10.0 Å². The number of aromatic nitrogens is 1. The highest BCUT2D eigenvalue weighted by molar-refractivity contribution is 7.59. The number of oxime groups is 1. The summed E-state index contributed by atoms with van der Waals surface area (Å²) in [6, 6.07) is 16.0. The summed E-state index contributed by atoms with van der Waals surface area (Å²) in [5.41, 5.74) is 4.28. The van der Waals surface area contributed by atoms with E-state index in [4.69, 9.17) is 32.7 Å². The second-order valence-electron chi connectivity index (χ2n) is 10.8. The van der Waals surface area contributed by atoms with Gasteiger partial charge < -0.3 is 24.2 Å². The van der Waals surface area contributed by atoms with Crippen molar-refractivity contribution < 1.29 is 23.7 Å². The quantitative estimate of drug-likeness (QED) is 0.233. The highest BCUT2D eigenvalue weighted by atomic mass is 35.5. The number of carbonyl (C=O) groups is 1. The van der Waals surface area contributed by atoms with Gasteiger partial charge in [-0.15, -0.1) is 0 Å². The molecule has 0 unspecified atom stereocenters. The number of hydrogen-bond acceptors (Lipinski definition) is 5. The van der Waals surface area contributed by atoms with E-state index in [0.29, 0.717) is 34.2 Å². The van der Waals surface area contributed by atoms with E-state index in [-0.39, 0.29) is 36.0 Å². The molecule has 2 aliphatic rings. The fourth-order valence-corrected chi connectivity index (χ4v) is 5.90. The van der Waals surface area contributed by atoms with Crippen LogP contribution in [0, 0.1) is 5.82 Å². The Kier molecular flexibility index (Phi) is 7.67. The standard InChI is InChI=1S/C29H25BCl2FN3O4.H2S/c1-28(2)19-8-6-16(11-20(19)30(38)39-28)15-34-27(37)18-7-9-25(36-10-4-5-24(18)36)23-14-29(3,40-35-23)17-12-21(31)26(33)22(32)13-17;/h4-13,38H,14-15H2,1-3H3,(H,34,37);1H2/t29-;/m0./s1. The normalized spacial score (nSPS) is 19.0. The molecule has 7 nitrogen and oxygen atoms in total. The molecule has 41 heavy (non-hydrogen) atoms. The first-order valence-electron chi connectivity index (χ1n) is 12.7. The van der Waals surface area contributed by atoms with E-state index in [9.17, 15) is 14.2 Å². The van der Waals surface area contributed by atoms with Crippen molar-refractivity contribution in [1.82, 2.24) is 9.72 Å². The zero-order valence-electron chi connectivity index (χ0n) is 22.5. The van der Waals surface area contributed by atoms with Gasteiger partial charge in [0.2, 0.25) is 0 Å². The number of nitrogens with one attached hydrogen (secondary N) is 1. The highest BCUT2D eigenvalue weighted by Gasteiger charge is 2.41. The van der Waals surface area contributed by atoms with Gasteiger partial charge in [0.1, 0.15) is 5.71 Å². The molecule has 0 bridgehead atoms. The smallest absolute Gasteiger partial charge is 0.423 e. The molecule has 2 aromatic carbocycles. The van der Waals surface area contributed by atoms with Crippen LogP contribution < -0.4 is 10.8 Å². The van der Waals surface area contributed by atoms with Crippen LogP contribution in [0.15, 0.2) is 65.9 Å². The van der Waals surface area contributed by atoms with E-state index in [2.05, 4.69) is 10.5 Å². The third-order valence-corrected chi connectivity index (χ3v) is 8.13. The van der Waals surface area contributed by atoms with Gasteiger partial charge in [-0.2, -0.15) is 13.5 Å². The minimum absolute atomic E-state index is 0. The van der Waals surface area contributed by atoms with E-state index in [1.165, 1.54) is 12.1 Å². The molecule has 0 spiro atoms. The maximum Gasteiger partial charge on any atom is 0.492 e. The molecule has 2 aromatic heterocycles. The van der Waals surface area contributed by atoms with Crippen LogP contribution in [0.25, 0.3) is 5.52 Å². The van der Waals surface area contributed by atoms with Crippen LogP contribution in [0.1, 0.15) is 59.9 Å².